The Kier molecular flexibility index (Phi) is 4.82. The lowest BCUT2D eigenvalue weighted by atomic mass is 10.1. The maximum absolute atomic E-state index is 12.4. The van der Waals surface area contributed by atoms with Gasteiger partial charge in [0.1, 0.15) is 0 Å². The van der Waals surface area contributed by atoms with Gasteiger partial charge >= 0.3 is 5.69 Å². The van der Waals surface area contributed by atoms with Crippen LogP contribution in [0.25, 0.3) is 11.2 Å². The highest BCUT2D eigenvalue weighted by Gasteiger charge is 2.18. The molecule has 25 heavy (non-hydrogen) atoms. The van der Waals surface area contributed by atoms with Crippen molar-refractivity contribution in [1.29, 1.82) is 0 Å². The van der Waals surface area contributed by atoms with Gasteiger partial charge in [0.25, 0.3) is 5.56 Å². The van der Waals surface area contributed by atoms with Crippen molar-refractivity contribution in [3.05, 3.63) is 56.2 Å². The van der Waals surface area contributed by atoms with E-state index in [0.29, 0.717) is 28.6 Å². The Morgan fingerprint density at radius 3 is 2.60 bits per heavy atom. The van der Waals surface area contributed by atoms with Crippen LogP contribution in [-0.2, 0) is 13.6 Å². The molecule has 0 saturated carbocycles. The van der Waals surface area contributed by atoms with E-state index < -0.39 is 17.4 Å². The number of rotatable bonds is 5. The van der Waals surface area contributed by atoms with Crippen molar-refractivity contribution in [2.45, 2.75) is 31.7 Å². The molecule has 132 valence electrons. The second kappa shape index (κ2) is 6.89. The first-order valence-corrected chi connectivity index (χ1v) is 8.91. The van der Waals surface area contributed by atoms with E-state index in [-0.39, 0.29) is 0 Å². The fraction of sp³-hybridized carbons (Fsp3) is 0.353. The molecule has 2 heterocycles. The molecule has 3 rings (SSSR count). The molecule has 0 spiro atoms. The number of aliphatic hydroxyl groups excluding tert-OH is 1. The summed E-state index contributed by atoms with van der Waals surface area (Å²) in [7, 11) is 1.58. The molecule has 7 nitrogen and oxygen atoms in total. The summed E-state index contributed by atoms with van der Waals surface area (Å²) in [6.07, 6.45) is -0.500. The number of hydrogen-bond acceptors (Lipinski definition) is 5. The number of aliphatic hydroxyl groups is 1. The lowest BCUT2D eigenvalue weighted by molar-refractivity contribution is 0.220. The van der Waals surface area contributed by atoms with Gasteiger partial charge in [-0.2, -0.15) is 0 Å². The number of aromatic amines is 1. The number of nitrogens with one attached hydrogen (secondary N) is 1. The van der Waals surface area contributed by atoms with Crippen molar-refractivity contribution in [2.24, 2.45) is 7.05 Å². The van der Waals surface area contributed by atoms with Gasteiger partial charge in [-0.05, 0) is 19.4 Å². The van der Waals surface area contributed by atoms with Crippen molar-refractivity contribution in [1.82, 2.24) is 19.1 Å². The Hall–Kier alpha value is -2.32. The van der Waals surface area contributed by atoms with Crippen molar-refractivity contribution >= 4 is 22.9 Å². The quantitative estimate of drug-likeness (QED) is 0.668. The zero-order chi connectivity index (χ0) is 18.1. The van der Waals surface area contributed by atoms with E-state index in [9.17, 15) is 14.7 Å². The summed E-state index contributed by atoms with van der Waals surface area (Å²) in [6, 6.07) is 8.02. The number of aromatic nitrogens is 4. The average molecular weight is 360 g/mol. The van der Waals surface area contributed by atoms with Crippen LogP contribution in [0.4, 0.5) is 0 Å². The fourth-order valence-electron chi connectivity index (χ4n) is 2.54. The second-order valence-electron chi connectivity index (χ2n) is 6.12. The van der Waals surface area contributed by atoms with Crippen LogP contribution in [0.5, 0.6) is 0 Å². The molecule has 0 aliphatic rings. The van der Waals surface area contributed by atoms with Gasteiger partial charge in [-0.3, -0.25) is 14.3 Å². The molecule has 0 unspecified atom stereocenters. The molecule has 2 aromatic heterocycles. The minimum Gasteiger partial charge on any atom is -0.393 e. The molecular weight excluding hydrogens is 340 g/mol. The minimum atomic E-state index is -0.500. The van der Waals surface area contributed by atoms with Crippen LogP contribution in [0.2, 0.25) is 0 Å². The van der Waals surface area contributed by atoms with Gasteiger partial charge < -0.3 is 9.67 Å². The Labute approximate surface area is 148 Å². The number of imidazole rings is 1. The highest BCUT2D eigenvalue weighted by atomic mass is 32.2. The summed E-state index contributed by atoms with van der Waals surface area (Å²) in [4.78, 5) is 31.0. The first-order chi connectivity index (χ1) is 11.9. The monoisotopic (exact) mass is 360 g/mol. The Bertz CT molecular complexity index is 1020. The van der Waals surface area contributed by atoms with Crippen LogP contribution in [-0.4, -0.2) is 36.1 Å². The maximum atomic E-state index is 12.4. The van der Waals surface area contributed by atoms with Crippen LogP contribution in [0, 0.1) is 6.92 Å². The van der Waals surface area contributed by atoms with Gasteiger partial charge in [0.05, 0.1) is 12.6 Å². The Morgan fingerprint density at radius 1 is 1.28 bits per heavy atom. The van der Waals surface area contributed by atoms with E-state index in [1.807, 2.05) is 31.2 Å². The van der Waals surface area contributed by atoms with Crippen LogP contribution < -0.4 is 11.2 Å². The summed E-state index contributed by atoms with van der Waals surface area (Å²) in [6.45, 7) is 4.17. The molecule has 2 N–H and O–H groups in total. The molecule has 8 heteroatoms. The van der Waals surface area contributed by atoms with Crippen molar-refractivity contribution in [2.75, 3.05) is 5.75 Å². The molecule has 0 amide bonds. The summed E-state index contributed by atoms with van der Waals surface area (Å²) in [5, 5.41) is 10.2. The number of thioether (sulfide) groups is 1. The first-order valence-electron chi connectivity index (χ1n) is 7.92. The van der Waals surface area contributed by atoms with E-state index in [4.69, 9.17) is 0 Å². The predicted octanol–water partition coefficient (Wildman–Crippen LogP) is 1.25. The minimum absolute atomic E-state index is 0.342. The Morgan fingerprint density at radius 2 is 1.96 bits per heavy atom. The molecule has 0 aliphatic heterocycles. The molecule has 0 fully saturated rings. The van der Waals surface area contributed by atoms with Crippen LogP contribution in [0.3, 0.4) is 0 Å². The molecule has 1 aromatic carbocycles. The van der Waals surface area contributed by atoms with Gasteiger partial charge in [-0.25, -0.2) is 9.78 Å². The second-order valence-corrected chi connectivity index (χ2v) is 7.10. The van der Waals surface area contributed by atoms with E-state index >= 15 is 0 Å². The lowest BCUT2D eigenvalue weighted by Gasteiger charge is -2.09. The predicted molar refractivity (Wildman–Crippen MR) is 98.3 cm³/mol. The third-order valence-corrected chi connectivity index (χ3v) is 5.11. The van der Waals surface area contributed by atoms with Crippen molar-refractivity contribution in [3.63, 3.8) is 0 Å². The van der Waals surface area contributed by atoms with Gasteiger partial charge in [0.15, 0.2) is 16.3 Å². The lowest BCUT2D eigenvalue weighted by Crippen LogP contribution is -2.29. The molecular formula is C17H20N4O3S. The van der Waals surface area contributed by atoms with Crippen LogP contribution >= 0.6 is 11.8 Å². The van der Waals surface area contributed by atoms with Gasteiger partial charge in [-0.15, -0.1) is 0 Å². The summed E-state index contributed by atoms with van der Waals surface area (Å²) in [5.41, 5.74) is 1.93. The van der Waals surface area contributed by atoms with Crippen LogP contribution in [0.1, 0.15) is 18.1 Å². The number of benzene rings is 1. The summed E-state index contributed by atoms with van der Waals surface area (Å²) >= 11 is 1.36. The molecule has 1 atom stereocenters. The zero-order valence-electron chi connectivity index (χ0n) is 14.3. The maximum Gasteiger partial charge on any atom is 0.329 e. The summed E-state index contributed by atoms with van der Waals surface area (Å²) in [5.74, 6) is 0.447. The Balaban J connectivity index is 2.16. The highest BCUT2D eigenvalue weighted by molar-refractivity contribution is 7.99. The topological polar surface area (TPSA) is 92.9 Å². The van der Waals surface area contributed by atoms with Crippen molar-refractivity contribution in [3.8, 4) is 0 Å². The standard InChI is InChI=1S/C17H20N4O3S/c1-10-4-6-12(7-5-10)8-21-13-14(18-17(21)25-9-11(2)22)20(3)16(24)19-15(13)23/h4-7,11,22H,8-9H2,1-3H3,(H,19,23,24)/t11-/m0/s1. The number of H-pyrrole nitrogens is 1. The van der Waals surface area contributed by atoms with E-state index in [1.54, 1.807) is 18.5 Å². The zero-order valence-corrected chi connectivity index (χ0v) is 15.1. The third kappa shape index (κ3) is 3.54. The number of hydrogen-bond donors (Lipinski definition) is 2. The van der Waals surface area contributed by atoms with Crippen LogP contribution in [0.15, 0.2) is 39.0 Å². The number of fused-ring (bicyclic) bond motifs is 1. The molecule has 0 aliphatic carbocycles. The molecule has 3 aromatic rings. The molecule has 0 saturated heterocycles. The van der Waals surface area contributed by atoms with Gasteiger partial charge in [0, 0.05) is 12.8 Å². The van der Waals surface area contributed by atoms with E-state index in [2.05, 4.69) is 9.97 Å². The normalized spacial score (nSPS) is 12.6. The van der Waals surface area contributed by atoms with Gasteiger partial charge in [-0.1, -0.05) is 41.6 Å². The van der Waals surface area contributed by atoms with E-state index in [0.717, 1.165) is 11.1 Å². The average Bonchev–Trinajstić information content (AvgIpc) is 2.92. The highest BCUT2D eigenvalue weighted by Crippen LogP contribution is 2.23. The smallest absolute Gasteiger partial charge is 0.329 e. The molecule has 0 radical (unpaired) electrons. The van der Waals surface area contributed by atoms with Crippen molar-refractivity contribution < 1.29 is 5.11 Å². The number of nitrogens with zero attached hydrogens (tertiary/aromatic N) is 3. The summed E-state index contributed by atoms with van der Waals surface area (Å²) < 4.78 is 3.13. The fourth-order valence-corrected chi connectivity index (χ4v) is 3.40. The SMILES string of the molecule is Cc1ccc(Cn2c(SC[C@H](C)O)nc3c2c(=O)[nH]c(=O)n3C)cc1. The van der Waals surface area contributed by atoms with Gasteiger partial charge in [0.2, 0.25) is 0 Å². The number of aryl methyl sites for hydroxylation is 2. The third-order valence-electron chi connectivity index (χ3n) is 3.89. The first kappa shape index (κ1) is 17.5. The molecule has 0 bridgehead atoms. The largest absolute Gasteiger partial charge is 0.393 e. The van der Waals surface area contributed by atoms with E-state index in [1.165, 1.54) is 16.3 Å².